The molecule has 0 saturated carbocycles. The number of benzene rings is 1. The fourth-order valence-corrected chi connectivity index (χ4v) is 4.44. The third kappa shape index (κ3) is 5.17. The van der Waals surface area contributed by atoms with Crippen LogP contribution in [0.3, 0.4) is 0 Å². The molecular weight excluding hydrogens is 352 g/mol. The van der Waals surface area contributed by atoms with Gasteiger partial charge in [0.05, 0.1) is 13.2 Å². The van der Waals surface area contributed by atoms with Gasteiger partial charge in [-0.15, -0.1) is 0 Å². The van der Waals surface area contributed by atoms with Crippen LogP contribution in [-0.2, 0) is 11.2 Å². The van der Waals surface area contributed by atoms with Gasteiger partial charge in [0, 0.05) is 44.2 Å². The summed E-state index contributed by atoms with van der Waals surface area (Å²) >= 11 is 7.14. The minimum Gasteiger partial charge on any atom is -0.344 e. The molecule has 0 unspecified atom stereocenters. The zero-order chi connectivity index (χ0) is 17.6. The quantitative estimate of drug-likeness (QED) is 0.765. The third-order valence-corrected chi connectivity index (χ3v) is 6.22. The molecule has 0 aliphatic carbocycles. The molecular formula is C18H26N4OS2. The van der Waals surface area contributed by atoms with E-state index in [1.54, 1.807) is 11.8 Å². The largest absolute Gasteiger partial charge is 0.344 e. The molecule has 2 heterocycles. The van der Waals surface area contributed by atoms with E-state index in [4.69, 9.17) is 12.2 Å². The SMILES string of the molecule is CCc1ccccc1NC(=O)CN1CCN(CN2CCSC2=S)CC1. The van der Waals surface area contributed by atoms with Gasteiger partial charge in [0.25, 0.3) is 0 Å². The molecule has 2 aliphatic rings. The summed E-state index contributed by atoms with van der Waals surface area (Å²) in [5, 5.41) is 3.06. The number of carbonyl (C=O) groups is 1. The molecule has 1 aromatic carbocycles. The van der Waals surface area contributed by atoms with E-state index >= 15 is 0 Å². The Balaban J connectivity index is 1.42. The van der Waals surface area contributed by atoms with Gasteiger partial charge in [-0.2, -0.15) is 0 Å². The summed E-state index contributed by atoms with van der Waals surface area (Å²) in [4.78, 5) is 19.3. The van der Waals surface area contributed by atoms with Gasteiger partial charge in [-0.05, 0) is 18.1 Å². The molecule has 0 aromatic heterocycles. The Hall–Kier alpha value is -1.15. The van der Waals surface area contributed by atoms with Crippen LogP contribution in [0.2, 0.25) is 0 Å². The summed E-state index contributed by atoms with van der Waals surface area (Å²) in [5.74, 6) is 1.18. The molecule has 1 amide bonds. The molecule has 0 bridgehead atoms. The maximum atomic E-state index is 12.4. The number of rotatable bonds is 6. The van der Waals surface area contributed by atoms with Gasteiger partial charge in [-0.1, -0.05) is 49.1 Å². The highest BCUT2D eigenvalue weighted by molar-refractivity contribution is 8.23. The Labute approximate surface area is 159 Å². The van der Waals surface area contributed by atoms with Crippen LogP contribution in [0.25, 0.3) is 0 Å². The van der Waals surface area contributed by atoms with Gasteiger partial charge in [0.1, 0.15) is 4.32 Å². The van der Waals surface area contributed by atoms with Crippen molar-refractivity contribution in [1.82, 2.24) is 14.7 Å². The van der Waals surface area contributed by atoms with E-state index in [0.717, 1.165) is 61.6 Å². The molecule has 5 nitrogen and oxygen atoms in total. The number of amides is 1. The van der Waals surface area contributed by atoms with Crippen molar-refractivity contribution in [2.75, 3.05) is 57.0 Å². The lowest BCUT2D eigenvalue weighted by atomic mass is 10.1. The van der Waals surface area contributed by atoms with Gasteiger partial charge >= 0.3 is 0 Å². The number of nitrogens with one attached hydrogen (secondary N) is 1. The standard InChI is InChI=1S/C18H26N4OS2/c1-2-15-5-3-4-6-16(15)19-17(23)13-20-7-9-21(10-8-20)14-22-11-12-25-18(22)24/h3-6H,2,7-14H2,1H3,(H,19,23). The van der Waals surface area contributed by atoms with Crippen molar-refractivity contribution in [3.05, 3.63) is 29.8 Å². The summed E-state index contributed by atoms with van der Waals surface area (Å²) in [5.41, 5.74) is 2.12. The summed E-state index contributed by atoms with van der Waals surface area (Å²) in [7, 11) is 0. The molecule has 0 atom stereocenters. The first-order chi connectivity index (χ1) is 12.2. The lowest BCUT2D eigenvalue weighted by Gasteiger charge is -2.36. The summed E-state index contributed by atoms with van der Waals surface area (Å²) < 4.78 is 1.02. The molecule has 2 saturated heterocycles. The van der Waals surface area contributed by atoms with Crippen LogP contribution in [-0.4, -0.2) is 76.6 Å². The van der Waals surface area contributed by atoms with E-state index in [2.05, 4.69) is 33.0 Å². The van der Waals surface area contributed by atoms with E-state index in [1.165, 1.54) is 5.56 Å². The van der Waals surface area contributed by atoms with E-state index in [0.29, 0.717) is 6.54 Å². The van der Waals surface area contributed by atoms with Crippen molar-refractivity contribution >= 4 is 39.9 Å². The molecule has 0 spiro atoms. The average molecular weight is 379 g/mol. The summed E-state index contributed by atoms with van der Waals surface area (Å²) in [6, 6.07) is 8.02. The third-order valence-electron chi connectivity index (χ3n) is 4.72. The van der Waals surface area contributed by atoms with Crippen molar-refractivity contribution in [2.45, 2.75) is 13.3 Å². The molecule has 2 aliphatic heterocycles. The number of hydrogen-bond donors (Lipinski definition) is 1. The maximum absolute atomic E-state index is 12.4. The molecule has 1 N–H and O–H groups in total. The number of hydrogen-bond acceptors (Lipinski definition) is 5. The van der Waals surface area contributed by atoms with Crippen LogP contribution in [0, 0.1) is 0 Å². The summed E-state index contributed by atoms with van der Waals surface area (Å²) in [6.45, 7) is 8.38. The van der Waals surface area contributed by atoms with Crippen molar-refractivity contribution in [3.8, 4) is 0 Å². The first kappa shape index (κ1) is 18.6. The highest BCUT2D eigenvalue weighted by atomic mass is 32.2. The molecule has 7 heteroatoms. The number of para-hydroxylation sites is 1. The predicted octanol–water partition coefficient (Wildman–Crippen LogP) is 2.10. The number of thiocarbonyl (C=S) groups is 1. The van der Waals surface area contributed by atoms with Crippen molar-refractivity contribution in [2.24, 2.45) is 0 Å². The van der Waals surface area contributed by atoms with Crippen LogP contribution in [0.15, 0.2) is 24.3 Å². The highest BCUT2D eigenvalue weighted by Gasteiger charge is 2.23. The van der Waals surface area contributed by atoms with Crippen LogP contribution in [0.5, 0.6) is 0 Å². The minimum absolute atomic E-state index is 0.0754. The molecule has 0 radical (unpaired) electrons. The molecule has 136 valence electrons. The van der Waals surface area contributed by atoms with Crippen LogP contribution < -0.4 is 5.32 Å². The van der Waals surface area contributed by atoms with Gasteiger partial charge in [0.15, 0.2) is 0 Å². The number of piperazine rings is 1. The van der Waals surface area contributed by atoms with Crippen molar-refractivity contribution in [3.63, 3.8) is 0 Å². The molecule has 1 aromatic rings. The Morgan fingerprint density at radius 2 is 1.88 bits per heavy atom. The second-order valence-electron chi connectivity index (χ2n) is 6.47. The first-order valence-corrected chi connectivity index (χ1v) is 10.3. The zero-order valence-electron chi connectivity index (χ0n) is 14.7. The van der Waals surface area contributed by atoms with E-state index < -0.39 is 0 Å². The number of thioether (sulfide) groups is 1. The predicted molar refractivity (Wildman–Crippen MR) is 109 cm³/mol. The topological polar surface area (TPSA) is 38.8 Å². The molecule has 25 heavy (non-hydrogen) atoms. The smallest absolute Gasteiger partial charge is 0.238 e. The Morgan fingerprint density at radius 3 is 2.56 bits per heavy atom. The average Bonchev–Trinajstić information content (AvgIpc) is 3.02. The van der Waals surface area contributed by atoms with Crippen molar-refractivity contribution in [1.29, 1.82) is 0 Å². The molecule has 2 fully saturated rings. The van der Waals surface area contributed by atoms with E-state index in [9.17, 15) is 4.79 Å². The van der Waals surface area contributed by atoms with Gasteiger partial charge in [0.2, 0.25) is 5.91 Å². The highest BCUT2D eigenvalue weighted by Crippen LogP contribution is 2.18. The monoisotopic (exact) mass is 378 g/mol. The molecule has 3 rings (SSSR count). The lowest BCUT2D eigenvalue weighted by Crippen LogP contribution is -2.51. The maximum Gasteiger partial charge on any atom is 0.238 e. The van der Waals surface area contributed by atoms with Crippen LogP contribution in [0.4, 0.5) is 5.69 Å². The Bertz CT molecular complexity index is 617. The van der Waals surface area contributed by atoms with Crippen LogP contribution >= 0.6 is 24.0 Å². The number of nitrogens with zero attached hydrogens (tertiary/aromatic N) is 3. The van der Waals surface area contributed by atoms with Gasteiger partial charge in [-0.3, -0.25) is 14.6 Å². The summed E-state index contributed by atoms with van der Waals surface area (Å²) in [6.07, 6.45) is 0.922. The van der Waals surface area contributed by atoms with Gasteiger partial charge < -0.3 is 10.2 Å². The van der Waals surface area contributed by atoms with E-state index in [-0.39, 0.29) is 5.91 Å². The van der Waals surface area contributed by atoms with Gasteiger partial charge in [-0.25, -0.2) is 0 Å². The lowest BCUT2D eigenvalue weighted by molar-refractivity contribution is -0.117. The zero-order valence-corrected chi connectivity index (χ0v) is 16.4. The fraction of sp³-hybridized carbons (Fsp3) is 0.556. The minimum atomic E-state index is 0.0754. The number of carbonyl (C=O) groups excluding carboxylic acids is 1. The van der Waals surface area contributed by atoms with E-state index in [1.807, 2.05) is 18.2 Å². The second-order valence-corrected chi connectivity index (χ2v) is 8.20. The number of anilines is 1. The first-order valence-electron chi connectivity index (χ1n) is 8.90. The Morgan fingerprint density at radius 1 is 1.16 bits per heavy atom. The van der Waals surface area contributed by atoms with Crippen molar-refractivity contribution < 1.29 is 4.79 Å². The fourth-order valence-electron chi connectivity index (χ4n) is 3.23. The number of aryl methyl sites for hydroxylation is 1. The second kappa shape index (κ2) is 8.98. The van der Waals surface area contributed by atoms with Crippen LogP contribution in [0.1, 0.15) is 12.5 Å². The Kier molecular flexibility index (Phi) is 6.70. The normalized spacial score (nSPS) is 19.4.